The van der Waals surface area contributed by atoms with Crippen molar-refractivity contribution in [2.75, 3.05) is 12.4 Å². The number of methoxy groups -OCH3 is 1. The second-order valence-electron chi connectivity index (χ2n) is 4.78. The van der Waals surface area contributed by atoms with Gasteiger partial charge >= 0.3 is 0 Å². The number of thiophene rings is 1. The fourth-order valence-corrected chi connectivity index (χ4v) is 2.94. The Hall–Kier alpha value is -1.85. The number of benzene rings is 1. The van der Waals surface area contributed by atoms with Crippen LogP contribution in [0.1, 0.15) is 30.3 Å². The first-order valence-corrected chi connectivity index (χ1v) is 7.70. The van der Waals surface area contributed by atoms with E-state index in [2.05, 4.69) is 23.6 Å². The van der Waals surface area contributed by atoms with Crippen molar-refractivity contribution in [2.24, 2.45) is 0 Å². The van der Waals surface area contributed by atoms with Gasteiger partial charge < -0.3 is 15.4 Å². The van der Waals surface area contributed by atoms with Gasteiger partial charge in [-0.1, -0.05) is 18.2 Å². The zero-order valence-corrected chi connectivity index (χ0v) is 13.3. The van der Waals surface area contributed by atoms with Gasteiger partial charge in [-0.3, -0.25) is 4.79 Å². The van der Waals surface area contributed by atoms with E-state index < -0.39 is 0 Å². The van der Waals surface area contributed by atoms with E-state index in [0.717, 1.165) is 21.9 Å². The number of rotatable bonds is 6. The lowest BCUT2D eigenvalue weighted by Crippen LogP contribution is -2.19. The predicted molar refractivity (Wildman–Crippen MR) is 86.9 cm³/mol. The molecule has 0 bridgehead atoms. The van der Waals surface area contributed by atoms with Crippen molar-refractivity contribution in [2.45, 2.75) is 26.4 Å². The summed E-state index contributed by atoms with van der Waals surface area (Å²) in [7, 11) is 1.68. The van der Waals surface area contributed by atoms with Crippen LogP contribution >= 0.6 is 11.3 Å². The number of ether oxygens (including phenoxy) is 1. The Morgan fingerprint density at radius 1 is 1.33 bits per heavy atom. The molecule has 5 heteroatoms. The first kappa shape index (κ1) is 15.5. The van der Waals surface area contributed by atoms with Crippen molar-refractivity contribution in [1.82, 2.24) is 5.32 Å². The minimum absolute atomic E-state index is 0.0487. The Bertz CT molecular complexity index is 610. The molecule has 0 spiro atoms. The first-order valence-electron chi connectivity index (χ1n) is 6.82. The second-order valence-corrected chi connectivity index (χ2v) is 5.78. The van der Waals surface area contributed by atoms with E-state index in [9.17, 15) is 4.79 Å². The van der Waals surface area contributed by atoms with Crippen LogP contribution in [0.25, 0.3) is 0 Å². The average molecular weight is 304 g/mol. The van der Waals surface area contributed by atoms with Crippen molar-refractivity contribution < 1.29 is 9.53 Å². The molecule has 4 nitrogen and oxygen atoms in total. The SMILES string of the molecule is COc1ccccc1[C@H](C)NCc1sccc1NC(C)=O. The molecule has 0 saturated carbocycles. The van der Waals surface area contributed by atoms with E-state index in [1.54, 1.807) is 18.4 Å². The molecule has 0 fully saturated rings. The normalized spacial score (nSPS) is 12.0. The van der Waals surface area contributed by atoms with Crippen LogP contribution in [0.5, 0.6) is 5.75 Å². The molecule has 1 amide bonds. The van der Waals surface area contributed by atoms with Crippen LogP contribution in [0.2, 0.25) is 0 Å². The molecule has 0 aliphatic carbocycles. The van der Waals surface area contributed by atoms with E-state index in [4.69, 9.17) is 4.74 Å². The van der Waals surface area contributed by atoms with Gasteiger partial charge in [-0.2, -0.15) is 0 Å². The molecule has 0 aliphatic heterocycles. The molecule has 0 aliphatic rings. The molecule has 1 aromatic heterocycles. The van der Waals surface area contributed by atoms with Gasteiger partial charge in [0.15, 0.2) is 0 Å². The van der Waals surface area contributed by atoms with E-state index in [1.165, 1.54) is 6.92 Å². The largest absolute Gasteiger partial charge is 0.496 e. The van der Waals surface area contributed by atoms with Crippen LogP contribution in [-0.4, -0.2) is 13.0 Å². The summed E-state index contributed by atoms with van der Waals surface area (Å²) in [6, 6.07) is 10.1. The van der Waals surface area contributed by atoms with Crippen molar-refractivity contribution >= 4 is 22.9 Å². The molecule has 0 unspecified atom stereocenters. The fourth-order valence-electron chi connectivity index (χ4n) is 2.16. The molecule has 2 rings (SSSR count). The number of carbonyl (C=O) groups excluding carboxylic acids is 1. The summed E-state index contributed by atoms with van der Waals surface area (Å²) in [5.41, 5.74) is 2.00. The topological polar surface area (TPSA) is 50.4 Å². The number of hydrogen-bond donors (Lipinski definition) is 2. The monoisotopic (exact) mass is 304 g/mol. The zero-order valence-electron chi connectivity index (χ0n) is 12.5. The van der Waals surface area contributed by atoms with Crippen molar-refractivity contribution in [1.29, 1.82) is 0 Å². The van der Waals surface area contributed by atoms with Crippen LogP contribution in [0.4, 0.5) is 5.69 Å². The van der Waals surface area contributed by atoms with Crippen molar-refractivity contribution in [3.05, 3.63) is 46.2 Å². The number of amides is 1. The minimum atomic E-state index is -0.0487. The summed E-state index contributed by atoms with van der Waals surface area (Å²) >= 11 is 1.63. The van der Waals surface area contributed by atoms with Gasteiger partial charge in [0.25, 0.3) is 0 Å². The van der Waals surface area contributed by atoms with Gasteiger partial charge in [0.2, 0.25) is 5.91 Å². The van der Waals surface area contributed by atoms with Crippen LogP contribution in [0, 0.1) is 0 Å². The molecule has 1 heterocycles. The van der Waals surface area contributed by atoms with E-state index in [1.807, 2.05) is 29.6 Å². The minimum Gasteiger partial charge on any atom is -0.496 e. The maximum Gasteiger partial charge on any atom is 0.221 e. The third kappa shape index (κ3) is 4.06. The van der Waals surface area contributed by atoms with Gasteiger partial charge in [0.1, 0.15) is 5.75 Å². The number of para-hydroxylation sites is 1. The Balaban J connectivity index is 2.03. The van der Waals surface area contributed by atoms with E-state index in [-0.39, 0.29) is 11.9 Å². The molecule has 21 heavy (non-hydrogen) atoms. The zero-order chi connectivity index (χ0) is 15.2. The van der Waals surface area contributed by atoms with Crippen LogP contribution < -0.4 is 15.4 Å². The highest BCUT2D eigenvalue weighted by Gasteiger charge is 2.12. The van der Waals surface area contributed by atoms with Crippen LogP contribution in [0.3, 0.4) is 0 Å². The van der Waals surface area contributed by atoms with E-state index >= 15 is 0 Å². The highest BCUT2D eigenvalue weighted by molar-refractivity contribution is 7.10. The van der Waals surface area contributed by atoms with Gasteiger partial charge in [0.05, 0.1) is 12.8 Å². The summed E-state index contributed by atoms with van der Waals surface area (Å²) in [4.78, 5) is 12.3. The predicted octanol–water partition coefficient (Wildman–Crippen LogP) is 3.57. The lowest BCUT2D eigenvalue weighted by Gasteiger charge is -2.17. The van der Waals surface area contributed by atoms with Gasteiger partial charge in [-0.05, 0) is 24.4 Å². The lowest BCUT2D eigenvalue weighted by molar-refractivity contribution is -0.114. The molecular weight excluding hydrogens is 284 g/mol. The maximum absolute atomic E-state index is 11.2. The summed E-state index contributed by atoms with van der Waals surface area (Å²) in [5.74, 6) is 0.832. The smallest absolute Gasteiger partial charge is 0.221 e. The standard InChI is InChI=1S/C16H20N2O2S/c1-11(13-6-4-5-7-15(13)20-3)17-10-16-14(8-9-21-16)18-12(2)19/h4-9,11,17H,10H2,1-3H3,(H,18,19)/t11-/m0/s1. The molecule has 2 N–H and O–H groups in total. The summed E-state index contributed by atoms with van der Waals surface area (Å²) in [6.45, 7) is 4.32. The van der Waals surface area contributed by atoms with Gasteiger partial charge in [-0.25, -0.2) is 0 Å². The molecular formula is C16H20N2O2S. The number of nitrogens with one attached hydrogen (secondary N) is 2. The van der Waals surface area contributed by atoms with Crippen molar-refractivity contribution in [3.63, 3.8) is 0 Å². The highest BCUT2D eigenvalue weighted by atomic mass is 32.1. The maximum atomic E-state index is 11.2. The van der Waals surface area contributed by atoms with E-state index in [0.29, 0.717) is 6.54 Å². The molecule has 0 radical (unpaired) electrons. The Morgan fingerprint density at radius 3 is 2.81 bits per heavy atom. The Morgan fingerprint density at radius 2 is 2.10 bits per heavy atom. The highest BCUT2D eigenvalue weighted by Crippen LogP contribution is 2.26. The number of hydrogen-bond acceptors (Lipinski definition) is 4. The fraction of sp³-hybridized carbons (Fsp3) is 0.312. The lowest BCUT2D eigenvalue weighted by atomic mass is 10.1. The summed E-state index contributed by atoms with van der Waals surface area (Å²) < 4.78 is 5.39. The third-order valence-electron chi connectivity index (χ3n) is 3.23. The number of anilines is 1. The second kappa shape index (κ2) is 7.24. The number of carbonyl (C=O) groups is 1. The van der Waals surface area contributed by atoms with Crippen molar-refractivity contribution in [3.8, 4) is 5.75 Å². The quantitative estimate of drug-likeness (QED) is 0.858. The summed E-state index contributed by atoms with van der Waals surface area (Å²) in [5, 5.41) is 8.30. The van der Waals surface area contributed by atoms with Gasteiger partial charge in [0, 0.05) is 30.0 Å². The van der Waals surface area contributed by atoms with Crippen LogP contribution in [0.15, 0.2) is 35.7 Å². The third-order valence-corrected chi connectivity index (χ3v) is 4.15. The summed E-state index contributed by atoms with van der Waals surface area (Å²) in [6.07, 6.45) is 0. The molecule has 112 valence electrons. The Kier molecular flexibility index (Phi) is 5.36. The molecule has 0 saturated heterocycles. The first-order chi connectivity index (χ1) is 10.1. The van der Waals surface area contributed by atoms with Gasteiger partial charge in [-0.15, -0.1) is 11.3 Å². The average Bonchev–Trinajstić information content (AvgIpc) is 2.91. The molecule has 2 aromatic rings. The molecule has 1 atom stereocenters. The van der Waals surface area contributed by atoms with Crippen LogP contribution in [-0.2, 0) is 11.3 Å². The molecule has 1 aromatic carbocycles. The Labute approximate surface area is 129 Å².